The lowest BCUT2D eigenvalue weighted by atomic mass is 10.2. The molecule has 0 spiro atoms. The number of nitrogens with one attached hydrogen (secondary N) is 2. The van der Waals surface area contributed by atoms with Crippen molar-refractivity contribution in [3.05, 3.63) is 73.9 Å². The van der Waals surface area contributed by atoms with Crippen LogP contribution in [0.1, 0.15) is 9.67 Å². The zero-order valence-electron chi connectivity index (χ0n) is 12.7. The van der Waals surface area contributed by atoms with Crippen LogP contribution in [0, 0.1) is 4.77 Å². The molecule has 0 bridgehead atoms. The number of rotatable bonds is 3. The summed E-state index contributed by atoms with van der Waals surface area (Å²) in [5.74, 6) is -0.366. The van der Waals surface area contributed by atoms with Crippen molar-refractivity contribution in [3.8, 4) is 10.4 Å². The fraction of sp³-hybridized carbons (Fsp3) is 0. The number of aromatic amines is 1. The van der Waals surface area contributed by atoms with E-state index < -0.39 is 0 Å². The average Bonchev–Trinajstić information content (AvgIpc) is 3.29. The van der Waals surface area contributed by atoms with Gasteiger partial charge in [-0.25, -0.2) is 0 Å². The highest BCUT2D eigenvalue weighted by Gasteiger charge is 2.14. The van der Waals surface area contributed by atoms with Crippen molar-refractivity contribution in [2.75, 3.05) is 5.43 Å². The summed E-state index contributed by atoms with van der Waals surface area (Å²) in [6, 6.07) is 15.1. The lowest BCUT2D eigenvalue weighted by Crippen LogP contribution is -2.33. The van der Waals surface area contributed by atoms with E-state index >= 15 is 0 Å². The largest absolute Gasteiger partial charge is 0.322 e. The summed E-state index contributed by atoms with van der Waals surface area (Å²) in [5, 5.41) is 2.29. The molecule has 1 aromatic carbocycles. The molecule has 2 N–H and O–H groups in total. The molecule has 5 nitrogen and oxygen atoms in total. The van der Waals surface area contributed by atoms with E-state index in [1.54, 1.807) is 17.5 Å². The molecule has 0 saturated heterocycles. The summed E-state index contributed by atoms with van der Waals surface area (Å²) >= 11 is 8.00. The normalized spacial score (nSPS) is 10.9. The standard InChI is InChI=1S/C17H11N3O2S3/c21-14(12-7-4-8-24-12)19-20-16(22)11-9-13(10-5-2-1-3-6-10)25-15(11)18-17(20)23/h1-9H,(H,18,23)(H,19,21). The average molecular weight is 385 g/mol. The lowest BCUT2D eigenvalue weighted by Gasteiger charge is -2.07. The molecule has 0 aliphatic carbocycles. The molecule has 0 aliphatic rings. The number of carbonyl (C=O) groups excluding carboxylic acids is 1. The van der Waals surface area contributed by atoms with Gasteiger partial charge in [-0.2, -0.15) is 4.68 Å². The number of hydrogen-bond acceptors (Lipinski definition) is 5. The van der Waals surface area contributed by atoms with Crippen molar-refractivity contribution < 1.29 is 4.79 Å². The van der Waals surface area contributed by atoms with E-state index in [4.69, 9.17) is 12.2 Å². The molecule has 8 heteroatoms. The quantitative estimate of drug-likeness (QED) is 0.519. The Hall–Kier alpha value is -2.55. The van der Waals surface area contributed by atoms with Gasteiger partial charge in [0.1, 0.15) is 4.83 Å². The zero-order chi connectivity index (χ0) is 17.4. The van der Waals surface area contributed by atoms with E-state index in [2.05, 4.69) is 10.4 Å². The van der Waals surface area contributed by atoms with Crippen molar-refractivity contribution in [1.29, 1.82) is 0 Å². The summed E-state index contributed by atoms with van der Waals surface area (Å²) in [5.41, 5.74) is 3.25. The first-order valence-electron chi connectivity index (χ1n) is 7.32. The first-order chi connectivity index (χ1) is 12.1. The van der Waals surface area contributed by atoms with Gasteiger partial charge in [-0.3, -0.25) is 15.0 Å². The number of hydrogen-bond donors (Lipinski definition) is 2. The Kier molecular flexibility index (Phi) is 4.08. The highest BCUT2D eigenvalue weighted by molar-refractivity contribution is 7.71. The Morgan fingerprint density at radius 1 is 1.16 bits per heavy atom. The number of benzene rings is 1. The second-order valence-electron chi connectivity index (χ2n) is 5.21. The highest BCUT2D eigenvalue weighted by atomic mass is 32.1. The van der Waals surface area contributed by atoms with Crippen molar-refractivity contribution in [1.82, 2.24) is 9.66 Å². The van der Waals surface area contributed by atoms with Gasteiger partial charge in [0, 0.05) is 4.88 Å². The van der Waals surface area contributed by atoms with Crippen LogP contribution in [0.3, 0.4) is 0 Å². The number of thiophene rings is 2. The van der Waals surface area contributed by atoms with Gasteiger partial charge in [0.15, 0.2) is 0 Å². The Morgan fingerprint density at radius 2 is 1.96 bits per heavy atom. The molecule has 124 valence electrons. The molecule has 4 rings (SSSR count). The van der Waals surface area contributed by atoms with E-state index in [1.165, 1.54) is 22.7 Å². The smallest absolute Gasteiger partial charge is 0.282 e. The van der Waals surface area contributed by atoms with Crippen LogP contribution in [0.5, 0.6) is 0 Å². The molecular formula is C17H11N3O2S3. The summed E-state index contributed by atoms with van der Waals surface area (Å²) in [4.78, 5) is 30.2. The first-order valence-corrected chi connectivity index (χ1v) is 9.43. The van der Waals surface area contributed by atoms with Crippen LogP contribution in [-0.2, 0) is 0 Å². The van der Waals surface area contributed by atoms with Crippen LogP contribution in [0.25, 0.3) is 20.7 Å². The molecule has 4 aromatic rings. The fourth-order valence-corrected chi connectivity index (χ4v) is 4.38. The van der Waals surface area contributed by atoms with Gasteiger partial charge in [-0.1, -0.05) is 36.4 Å². The summed E-state index contributed by atoms with van der Waals surface area (Å²) in [7, 11) is 0. The monoisotopic (exact) mass is 385 g/mol. The van der Waals surface area contributed by atoms with Crippen molar-refractivity contribution in [2.45, 2.75) is 0 Å². The second kappa shape index (κ2) is 6.40. The van der Waals surface area contributed by atoms with Crippen LogP contribution in [0.2, 0.25) is 0 Å². The topological polar surface area (TPSA) is 66.9 Å². The Labute approximate surface area is 155 Å². The van der Waals surface area contributed by atoms with Crippen LogP contribution < -0.4 is 11.0 Å². The van der Waals surface area contributed by atoms with Gasteiger partial charge in [-0.15, -0.1) is 22.7 Å². The predicted molar refractivity (Wildman–Crippen MR) is 105 cm³/mol. The van der Waals surface area contributed by atoms with Gasteiger partial charge in [-0.05, 0) is 35.3 Å². The summed E-state index contributed by atoms with van der Waals surface area (Å²) in [6.07, 6.45) is 0. The molecule has 0 aliphatic heterocycles. The maximum absolute atomic E-state index is 12.8. The molecule has 0 saturated carbocycles. The molecule has 0 fully saturated rings. The lowest BCUT2D eigenvalue weighted by molar-refractivity contribution is 0.101. The molecule has 0 unspecified atom stereocenters. The Morgan fingerprint density at radius 3 is 2.68 bits per heavy atom. The van der Waals surface area contributed by atoms with Crippen LogP contribution >= 0.6 is 34.9 Å². The number of H-pyrrole nitrogens is 1. The molecule has 3 heterocycles. The minimum absolute atomic E-state index is 0.156. The molecule has 25 heavy (non-hydrogen) atoms. The highest BCUT2D eigenvalue weighted by Crippen LogP contribution is 2.30. The van der Waals surface area contributed by atoms with Gasteiger partial charge in [0.25, 0.3) is 11.5 Å². The summed E-state index contributed by atoms with van der Waals surface area (Å²) < 4.78 is 1.24. The zero-order valence-corrected chi connectivity index (χ0v) is 15.1. The predicted octanol–water partition coefficient (Wildman–Crippen LogP) is 4.23. The summed E-state index contributed by atoms with van der Waals surface area (Å²) in [6.45, 7) is 0. The third-order valence-electron chi connectivity index (χ3n) is 3.61. The van der Waals surface area contributed by atoms with Crippen LogP contribution in [-0.4, -0.2) is 15.6 Å². The van der Waals surface area contributed by atoms with Crippen LogP contribution in [0.15, 0.2) is 58.7 Å². The minimum Gasteiger partial charge on any atom is -0.322 e. The Balaban J connectivity index is 1.80. The molecule has 3 aromatic heterocycles. The minimum atomic E-state index is -0.366. The second-order valence-corrected chi connectivity index (χ2v) is 7.60. The molecule has 0 radical (unpaired) electrons. The van der Waals surface area contributed by atoms with E-state index in [0.29, 0.717) is 15.1 Å². The van der Waals surface area contributed by atoms with Crippen molar-refractivity contribution >= 4 is 51.0 Å². The van der Waals surface area contributed by atoms with Gasteiger partial charge < -0.3 is 4.98 Å². The third kappa shape index (κ3) is 2.95. The maximum atomic E-state index is 12.8. The molecule has 0 atom stereocenters. The Bertz CT molecular complexity index is 1170. The van der Waals surface area contributed by atoms with Gasteiger partial charge >= 0.3 is 0 Å². The number of nitrogens with zero attached hydrogens (tertiary/aromatic N) is 1. The molecular weight excluding hydrogens is 374 g/mol. The fourth-order valence-electron chi connectivity index (χ4n) is 2.42. The van der Waals surface area contributed by atoms with Crippen molar-refractivity contribution in [3.63, 3.8) is 0 Å². The van der Waals surface area contributed by atoms with Crippen LogP contribution in [0.4, 0.5) is 0 Å². The van der Waals surface area contributed by atoms with E-state index in [1.807, 2.05) is 36.4 Å². The maximum Gasteiger partial charge on any atom is 0.282 e. The molecule has 1 amide bonds. The first kappa shape index (κ1) is 15.9. The SMILES string of the molecule is O=C(Nn1c(=S)[nH]c2sc(-c3ccccc3)cc2c1=O)c1cccs1. The number of amides is 1. The van der Waals surface area contributed by atoms with E-state index in [0.717, 1.165) is 15.1 Å². The third-order valence-corrected chi connectivity index (χ3v) is 5.86. The number of fused-ring (bicyclic) bond motifs is 1. The van der Waals surface area contributed by atoms with E-state index in [9.17, 15) is 9.59 Å². The van der Waals surface area contributed by atoms with Gasteiger partial charge in [0.05, 0.1) is 10.3 Å². The van der Waals surface area contributed by atoms with E-state index in [-0.39, 0.29) is 16.2 Å². The number of carbonyl (C=O) groups is 1. The number of aromatic nitrogens is 2. The van der Waals surface area contributed by atoms with Gasteiger partial charge in [0.2, 0.25) is 4.77 Å². The van der Waals surface area contributed by atoms with Crippen molar-refractivity contribution in [2.24, 2.45) is 0 Å².